The molecule has 0 fully saturated rings. The molecule has 5 heteroatoms. The zero-order valence-corrected chi connectivity index (χ0v) is 11.6. The molecule has 0 saturated carbocycles. The van der Waals surface area contributed by atoms with Crippen LogP contribution in [0.15, 0.2) is 41.6 Å². The van der Waals surface area contributed by atoms with Gasteiger partial charge in [-0.05, 0) is 19.1 Å². The summed E-state index contributed by atoms with van der Waals surface area (Å²) in [6.07, 6.45) is 1.47. The third-order valence-electron chi connectivity index (χ3n) is 2.43. The van der Waals surface area contributed by atoms with Crippen molar-refractivity contribution in [3.8, 4) is 0 Å². The summed E-state index contributed by atoms with van der Waals surface area (Å²) in [6.45, 7) is 2.75. The first kappa shape index (κ1) is 13.2. The Labute approximate surface area is 116 Å². The van der Waals surface area contributed by atoms with Crippen LogP contribution in [0.4, 0.5) is 5.82 Å². The Kier molecular flexibility index (Phi) is 4.84. The molecule has 94 valence electrons. The molecular weight excluding hydrogens is 266 g/mol. The smallest absolute Gasteiger partial charge is 0.137 e. The standard InChI is InChI=1S/C13H14ClN3S/c1-10-12(14)16-9-17-13(10)15-7-8-18-11-5-3-2-4-6-11/h2-6,9H,7-8H2,1H3,(H,15,16,17). The highest BCUT2D eigenvalue weighted by Crippen LogP contribution is 2.19. The first-order chi connectivity index (χ1) is 8.77. The highest BCUT2D eigenvalue weighted by atomic mass is 35.5. The fourth-order valence-electron chi connectivity index (χ4n) is 1.46. The van der Waals surface area contributed by atoms with E-state index in [0.29, 0.717) is 5.15 Å². The van der Waals surface area contributed by atoms with Gasteiger partial charge in [-0.25, -0.2) is 9.97 Å². The number of rotatable bonds is 5. The van der Waals surface area contributed by atoms with Crippen molar-refractivity contribution < 1.29 is 0 Å². The number of hydrogen-bond donors (Lipinski definition) is 1. The van der Waals surface area contributed by atoms with Crippen molar-refractivity contribution in [1.82, 2.24) is 9.97 Å². The fourth-order valence-corrected chi connectivity index (χ4v) is 2.38. The summed E-state index contributed by atoms with van der Waals surface area (Å²) in [7, 11) is 0. The van der Waals surface area contributed by atoms with Crippen molar-refractivity contribution in [1.29, 1.82) is 0 Å². The molecule has 0 aliphatic heterocycles. The average molecular weight is 280 g/mol. The summed E-state index contributed by atoms with van der Waals surface area (Å²) >= 11 is 7.74. The van der Waals surface area contributed by atoms with Crippen molar-refractivity contribution in [3.63, 3.8) is 0 Å². The molecule has 2 aromatic rings. The van der Waals surface area contributed by atoms with Crippen molar-refractivity contribution in [2.75, 3.05) is 17.6 Å². The van der Waals surface area contributed by atoms with Gasteiger partial charge in [0.15, 0.2) is 0 Å². The molecule has 0 amide bonds. The molecule has 1 aromatic heterocycles. The minimum Gasteiger partial charge on any atom is -0.369 e. The van der Waals surface area contributed by atoms with Crippen LogP contribution in [0.2, 0.25) is 5.15 Å². The van der Waals surface area contributed by atoms with E-state index in [1.807, 2.05) is 36.9 Å². The molecule has 0 spiro atoms. The SMILES string of the molecule is Cc1c(Cl)ncnc1NCCSc1ccccc1. The van der Waals surface area contributed by atoms with Crippen LogP contribution < -0.4 is 5.32 Å². The number of nitrogens with zero attached hydrogens (tertiary/aromatic N) is 2. The molecule has 0 aliphatic rings. The molecule has 2 rings (SSSR count). The largest absolute Gasteiger partial charge is 0.369 e. The van der Waals surface area contributed by atoms with E-state index in [1.165, 1.54) is 11.2 Å². The zero-order valence-electron chi connectivity index (χ0n) is 10.1. The van der Waals surface area contributed by atoms with E-state index < -0.39 is 0 Å². The van der Waals surface area contributed by atoms with Crippen molar-refractivity contribution in [3.05, 3.63) is 47.4 Å². The lowest BCUT2D eigenvalue weighted by atomic mass is 10.3. The molecule has 1 N–H and O–H groups in total. The number of nitrogens with one attached hydrogen (secondary N) is 1. The molecule has 0 aliphatic carbocycles. The van der Waals surface area contributed by atoms with E-state index in [9.17, 15) is 0 Å². The van der Waals surface area contributed by atoms with E-state index in [0.717, 1.165) is 23.7 Å². The van der Waals surface area contributed by atoms with Gasteiger partial charge >= 0.3 is 0 Å². The second-order valence-corrected chi connectivity index (χ2v) is 5.25. The van der Waals surface area contributed by atoms with Crippen LogP contribution in [0.5, 0.6) is 0 Å². The topological polar surface area (TPSA) is 37.8 Å². The van der Waals surface area contributed by atoms with Crippen LogP contribution in [-0.2, 0) is 0 Å². The number of anilines is 1. The van der Waals surface area contributed by atoms with E-state index in [-0.39, 0.29) is 0 Å². The van der Waals surface area contributed by atoms with E-state index in [1.54, 1.807) is 0 Å². The first-order valence-corrected chi connectivity index (χ1v) is 7.02. The van der Waals surface area contributed by atoms with Crippen LogP contribution in [0, 0.1) is 6.92 Å². The maximum Gasteiger partial charge on any atom is 0.137 e. The van der Waals surface area contributed by atoms with Gasteiger partial charge in [0.25, 0.3) is 0 Å². The monoisotopic (exact) mass is 279 g/mol. The van der Waals surface area contributed by atoms with Crippen LogP contribution >= 0.6 is 23.4 Å². The molecule has 18 heavy (non-hydrogen) atoms. The maximum absolute atomic E-state index is 5.93. The highest BCUT2D eigenvalue weighted by molar-refractivity contribution is 7.99. The lowest BCUT2D eigenvalue weighted by Crippen LogP contribution is -2.07. The molecule has 0 unspecified atom stereocenters. The summed E-state index contributed by atoms with van der Waals surface area (Å²) in [6, 6.07) is 10.3. The summed E-state index contributed by atoms with van der Waals surface area (Å²) in [5.74, 6) is 1.79. The van der Waals surface area contributed by atoms with E-state index in [2.05, 4.69) is 27.4 Å². The second-order valence-electron chi connectivity index (χ2n) is 3.73. The van der Waals surface area contributed by atoms with Crippen molar-refractivity contribution >= 4 is 29.2 Å². The van der Waals surface area contributed by atoms with Gasteiger partial charge in [-0.1, -0.05) is 29.8 Å². The molecule has 0 radical (unpaired) electrons. The molecular formula is C13H14ClN3S. The minimum absolute atomic E-state index is 0.503. The minimum atomic E-state index is 0.503. The number of benzene rings is 1. The van der Waals surface area contributed by atoms with Gasteiger partial charge in [0.2, 0.25) is 0 Å². The van der Waals surface area contributed by atoms with Gasteiger partial charge in [-0.3, -0.25) is 0 Å². The van der Waals surface area contributed by atoms with Gasteiger partial charge in [0.05, 0.1) is 0 Å². The Bertz CT molecular complexity index is 505. The van der Waals surface area contributed by atoms with Gasteiger partial charge < -0.3 is 5.32 Å². The summed E-state index contributed by atoms with van der Waals surface area (Å²) in [5.41, 5.74) is 0.892. The van der Waals surface area contributed by atoms with Gasteiger partial charge in [0.1, 0.15) is 17.3 Å². The third kappa shape index (κ3) is 3.62. The van der Waals surface area contributed by atoms with Crippen molar-refractivity contribution in [2.45, 2.75) is 11.8 Å². The quantitative estimate of drug-likeness (QED) is 0.515. The van der Waals surface area contributed by atoms with Crippen molar-refractivity contribution in [2.24, 2.45) is 0 Å². The van der Waals surface area contributed by atoms with E-state index in [4.69, 9.17) is 11.6 Å². The Morgan fingerprint density at radius 1 is 1.22 bits per heavy atom. The third-order valence-corrected chi connectivity index (χ3v) is 3.82. The van der Waals surface area contributed by atoms with Crippen LogP contribution in [0.3, 0.4) is 0 Å². The number of halogens is 1. The molecule has 0 atom stereocenters. The first-order valence-electron chi connectivity index (χ1n) is 5.66. The Morgan fingerprint density at radius 2 is 2.00 bits per heavy atom. The number of aromatic nitrogens is 2. The fraction of sp³-hybridized carbons (Fsp3) is 0.231. The maximum atomic E-state index is 5.93. The normalized spacial score (nSPS) is 10.3. The summed E-state index contributed by atoms with van der Waals surface area (Å²) < 4.78 is 0. The average Bonchev–Trinajstić information content (AvgIpc) is 2.40. The van der Waals surface area contributed by atoms with E-state index >= 15 is 0 Å². The predicted molar refractivity (Wildman–Crippen MR) is 77.4 cm³/mol. The summed E-state index contributed by atoms with van der Waals surface area (Å²) in [4.78, 5) is 9.37. The van der Waals surface area contributed by atoms with Gasteiger partial charge in [-0.15, -0.1) is 11.8 Å². The second kappa shape index (κ2) is 6.61. The molecule has 0 bridgehead atoms. The Morgan fingerprint density at radius 3 is 2.78 bits per heavy atom. The Balaban J connectivity index is 1.81. The molecule has 3 nitrogen and oxygen atoms in total. The van der Waals surface area contributed by atoms with Gasteiger partial charge in [0, 0.05) is 22.8 Å². The lowest BCUT2D eigenvalue weighted by Gasteiger charge is -2.08. The summed E-state index contributed by atoms with van der Waals surface area (Å²) in [5, 5.41) is 3.77. The highest BCUT2D eigenvalue weighted by Gasteiger charge is 2.03. The zero-order chi connectivity index (χ0) is 12.8. The van der Waals surface area contributed by atoms with Crippen LogP contribution in [0.1, 0.15) is 5.56 Å². The Hall–Kier alpha value is -1.26. The number of thioether (sulfide) groups is 1. The predicted octanol–water partition coefficient (Wildman–Crippen LogP) is 3.64. The lowest BCUT2D eigenvalue weighted by molar-refractivity contribution is 1.09. The molecule has 0 saturated heterocycles. The van der Waals surface area contributed by atoms with Crippen LogP contribution in [0.25, 0.3) is 0 Å². The molecule has 1 heterocycles. The molecule has 1 aromatic carbocycles. The number of hydrogen-bond acceptors (Lipinski definition) is 4. The van der Waals surface area contributed by atoms with Crippen LogP contribution in [-0.4, -0.2) is 22.3 Å². The van der Waals surface area contributed by atoms with Gasteiger partial charge in [-0.2, -0.15) is 0 Å².